The van der Waals surface area contributed by atoms with E-state index in [-0.39, 0.29) is 24.1 Å². The quantitative estimate of drug-likeness (QED) is 0.571. The first-order valence-electron chi connectivity index (χ1n) is 7.06. The van der Waals surface area contributed by atoms with Crippen LogP contribution in [0.2, 0.25) is 0 Å². The lowest BCUT2D eigenvalue weighted by Crippen LogP contribution is -2.46. The fraction of sp³-hybridized carbons (Fsp3) is 0.500. The van der Waals surface area contributed by atoms with Crippen molar-refractivity contribution in [3.05, 3.63) is 29.8 Å². The van der Waals surface area contributed by atoms with E-state index in [4.69, 9.17) is 10.3 Å². The summed E-state index contributed by atoms with van der Waals surface area (Å²) in [6, 6.07) is 5.37. The zero-order valence-corrected chi connectivity index (χ0v) is 12.8. The average molecular weight is 328 g/mol. The number of benzene rings is 1. The summed E-state index contributed by atoms with van der Waals surface area (Å²) in [5, 5.41) is 11.1. The van der Waals surface area contributed by atoms with Crippen LogP contribution in [-0.4, -0.2) is 41.3 Å². The monoisotopic (exact) mass is 328 g/mol. The molecular formula is C14H20N2O5S. The molecule has 0 saturated heterocycles. The van der Waals surface area contributed by atoms with Crippen molar-refractivity contribution in [3.8, 4) is 5.75 Å². The fourth-order valence-electron chi connectivity index (χ4n) is 2.63. The smallest absolute Gasteiger partial charge is 0.267 e. The van der Waals surface area contributed by atoms with Gasteiger partial charge in [-0.2, -0.15) is 8.42 Å². The van der Waals surface area contributed by atoms with Gasteiger partial charge in [0.05, 0.1) is 11.3 Å². The molecule has 0 aromatic heterocycles. The van der Waals surface area contributed by atoms with E-state index < -0.39 is 21.4 Å². The van der Waals surface area contributed by atoms with Crippen LogP contribution < -0.4 is 11.1 Å². The zero-order chi connectivity index (χ0) is 16.3. The predicted molar refractivity (Wildman–Crippen MR) is 80.9 cm³/mol. The van der Waals surface area contributed by atoms with Crippen molar-refractivity contribution in [2.75, 3.05) is 0 Å². The number of hydrogen-bond donors (Lipinski definition) is 4. The lowest BCUT2D eigenvalue weighted by molar-refractivity contribution is -0.123. The van der Waals surface area contributed by atoms with Crippen LogP contribution in [0.25, 0.3) is 0 Å². The Hall–Kier alpha value is -1.64. The second kappa shape index (κ2) is 6.64. The van der Waals surface area contributed by atoms with Gasteiger partial charge in [0, 0.05) is 6.04 Å². The van der Waals surface area contributed by atoms with Gasteiger partial charge in [0.25, 0.3) is 10.1 Å². The number of carbonyl (C=O) groups is 1. The molecule has 1 aliphatic rings. The summed E-state index contributed by atoms with van der Waals surface area (Å²) in [5.74, 6) is -0.210. The lowest BCUT2D eigenvalue weighted by Gasteiger charge is -2.17. The highest BCUT2D eigenvalue weighted by atomic mass is 32.2. The van der Waals surface area contributed by atoms with Crippen molar-refractivity contribution in [2.45, 2.75) is 43.0 Å². The molecule has 122 valence electrons. The van der Waals surface area contributed by atoms with E-state index in [0.29, 0.717) is 19.3 Å². The topological polar surface area (TPSA) is 130 Å². The highest BCUT2D eigenvalue weighted by molar-refractivity contribution is 7.86. The van der Waals surface area contributed by atoms with Crippen LogP contribution in [0.3, 0.4) is 0 Å². The normalized spacial score (nSPS) is 23.2. The molecule has 2 rings (SSSR count). The third kappa shape index (κ3) is 4.43. The highest BCUT2D eigenvalue weighted by Crippen LogP contribution is 2.24. The number of rotatable bonds is 5. The minimum atomic E-state index is -4.05. The second-order valence-corrected chi connectivity index (χ2v) is 7.33. The van der Waals surface area contributed by atoms with Crippen LogP contribution >= 0.6 is 0 Å². The summed E-state index contributed by atoms with van der Waals surface area (Å²) in [4.78, 5) is 12.0. The number of nitrogens with two attached hydrogens (primary N) is 1. The van der Waals surface area contributed by atoms with Crippen molar-refractivity contribution in [1.82, 2.24) is 5.32 Å². The molecule has 3 atom stereocenters. The summed E-state index contributed by atoms with van der Waals surface area (Å²) in [6.45, 7) is 0. The van der Waals surface area contributed by atoms with E-state index in [1.54, 1.807) is 12.1 Å². The summed E-state index contributed by atoms with van der Waals surface area (Å²) in [5.41, 5.74) is 6.67. The van der Waals surface area contributed by atoms with Gasteiger partial charge in [-0.1, -0.05) is 12.1 Å². The minimum Gasteiger partial charge on any atom is -0.508 e. The summed E-state index contributed by atoms with van der Waals surface area (Å²) in [6.07, 6.45) is 1.36. The van der Waals surface area contributed by atoms with E-state index in [1.807, 2.05) is 0 Å². The molecule has 0 bridgehead atoms. The number of hydrogen-bond acceptors (Lipinski definition) is 5. The van der Waals surface area contributed by atoms with Crippen LogP contribution in [0, 0.1) is 0 Å². The third-order valence-electron chi connectivity index (χ3n) is 3.88. The summed E-state index contributed by atoms with van der Waals surface area (Å²) < 4.78 is 31.1. The maximum absolute atomic E-state index is 12.0. The Labute approximate surface area is 129 Å². The Morgan fingerprint density at radius 2 is 1.95 bits per heavy atom. The molecule has 7 nitrogen and oxygen atoms in total. The molecule has 5 N–H and O–H groups in total. The first-order valence-corrected chi connectivity index (χ1v) is 8.56. The Morgan fingerprint density at radius 1 is 1.32 bits per heavy atom. The Balaban J connectivity index is 1.86. The fourth-order valence-corrected chi connectivity index (χ4v) is 3.54. The van der Waals surface area contributed by atoms with Gasteiger partial charge in [0.15, 0.2) is 0 Å². The van der Waals surface area contributed by atoms with Gasteiger partial charge in [-0.3, -0.25) is 9.35 Å². The van der Waals surface area contributed by atoms with E-state index in [2.05, 4.69) is 5.32 Å². The minimum absolute atomic E-state index is 0.143. The molecule has 1 fully saturated rings. The first kappa shape index (κ1) is 16.7. The van der Waals surface area contributed by atoms with Gasteiger partial charge < -0.3 is 16.2 Å². The highest BCUT2D eigenvalue weighted by Gasteiger charge is 2.34. The van der Waals surface area contributed by atoms with Crippen molar-refractivity contribution < 1.29 is 22.9 Å². The summed E-state index contributed by atoms with van der Waals surface area (Å²) in [7, 11) is -4.05. The molecule has 3 unspecified atom stereocenters. The standard InChI is InChI=1S/C14H20N2O5S/c15-13(7-9-1-4-11(17)5-2-9)14(18)16-10-3-6-12(8-10)22(19,20)21/h1-2,4-5,10,12-13,17H,3,6-8,15H2,(H,16,18)(H,19,20,21). The van der Waals surface area contributed by atoms with Crippen LogP contribution in [0.5, 0.6) is 5.75 Å². The average Bonchev–Trinajstić information content (AvgIpc) is 2.90. The molecule has 22 heavy (non-hydrogen) atoms. The maximum atomic E-state index is 12.0. The Bertz CT molecular complexity index is 629. The number of aromatic hydroxyl groups is 1. The van der Waals surface area contributed by atoms with Crippen LogP contribution in [0.4, 0.5) is 0 Å². The van der Waals surface area contributed by atoms with Gasteiger partial charge in [-0.25, -0.2) is 0 Å². The molecule has 1 aliphatic carbocycles. The second-order valence-electron chi connectivity index (χ2n) is 5.63. The number of carbonyl (C=O) groups excluding carboxylic acids is 1. The van der Waals surface area contributed by atoms with Crippen LogP contribution in [-0.2, 0) is 21.3 Å². The number of phenolic OH excluding ortho intramolecular Hbond substituents is 1. The molecule has 1 aromatic rings. The van der Waals surface area contributed by atoms with Crippen LogP contribution in [0.1, 0.15) is 24.8 Å². The van der Waals surface area contributed by atoms with Gasteiger partial charge in [0.2, 0.25) is 5.91 Å². The molecule has 1 saturated carbocycles. The Kier molecular flexibility index (Phi) is 5.05. The number of phenols is 1. The third-order valence-corrected chi connectivity index (χ3v) is 5.15. The van der Waals surface area contributed by atoms with Crippen LogP contribution in [0.15, 0.2) is 24.3 Å². The number of amides is 1. The van der Waals surface area contributed by atoms with Gasteiger partial charge >= 0.3 is 0 Å². The molecule has 0 spiro atoms. The molecule has 8 heteroatoms. The van der Waals surface area contributed by atoms with Gasteiger partial charge in [0.1, 0.15) is 5.75 Å². The SMILES string of the molecule is NC(Cc1ccc(O)cc1)C(=O)NC1CCC(S(=O)(=O)O)C1. The maximum Gasteiger partial charge on any atom is 0.267 e. The molecule has 1 amide bonds. The van der Waals surface area contributed by atoms with Crippen molar-refractivity contribution in [2.24, 2.45) is 5.73 Å². The molecular weight excluding hydrogens is 308 g/mol. The van der Waals surface area contributed by atoms with Crippen molar-refractivity contribution in [3.63, 3.8) is 0 Å². The van der Waals surface area contributed by atoms with E-state index >= 15 is 0 Å². The number of nitrogens with one attached hydrogen (secondary N) is 1. The first-order chi connectivity index (χ1) is 10.3. The van der Waals surface area contributed by atoms with E-state index in [0.717, 1.165) is 5.56 Å². The largest absolute Gasteiger partial charge is 0.508 e. The van der Waals surface area contributed by atoms with Crippen molar-refractivity contribution in [1.29, 1.82) is 0 Å². The van der Waals surface area contributed by atoms with Gasteiger partial charge in [-0.15, -0.1) is 0 Å². The predicted octanol–water partition coefficient (Wildman–Crippen LogP) is 0.187. The lowest BCUT2D eigenvalue weighted by atomic mass is 10.1. The van der Waals surface area contributed by atoms with E-state index in [1.165, 1.54) is 12.1 Å². The van der Waals surface area contributed by atoms with E-state index in [9.17, 15) is 18.3 Å². The molecule has 0 heterocycles. The van der Waals surface area contributed by atoms with Crippen molar-refractivity contribution >= 4 is 16.0 Å². The molecule has 0 aliphatic heterocycles. The molecule has 0 radical (unpaired) electrons. The Morgan fingerprint density at radius 3 is 2.50 bits per heavy atom. The summed E-state index contributed by atoms with van der Waals surface area (Å²) >= 11 is 0. The van der Waals surface area contributed by atoms with Gasteiger partial charge in [-0.05, 0) is 43.4 Å². The molecule has 1 aromatic carbocycles. The zero-order valence-electron chi connectivity index (χ0n) is 12.0.